The van der Waals surface area contributed by atoms with Crippen molar-refractivity contribution in [3.8, 4) is 22.3 Å². The van der Waals surface area contributed by atoms with Crippen LogP contribution >= 0.6 is 0 Å². The van der Waals surface area contributed by atoms with Crippen LogP contribution in [0.5, 0.6) is 0 Å². The molecule has 0 fully saturated rings. The molecule has 0 aliphatic heterocycles. The van der Waals surface area contributed by atoms with Gasteiger partial charge in [-0.25, -0.2) is 0 Å². The second-order valence-electron chi connectivity index (χ2n) is 15.2. The lowest BCUT2D eigenvalue weighted by Gasteiger charge is -2.28. The normalized spacial score (nSPS) is 13.4. The third-order valence-corrected chi connectivity index (χ3v) is 11.9. The van der Waals surface area contributed by atoms with E-state index in [0.717, 1.165) is 94.0 Å². The first-order chi connectivity index (χ1) is 27.0. The minimum atomic E-state index is -0.176. The highest BCUT2D eigenvalue weighted by Gasteiger charge is 2.36. The summed E-state index contributed by atoms with van der Waals surface area (Å²) in [7, 11) is 0. The number of furan rings is 3. The first-order valence-corrected chi connectivity index (χ1v) is 18.8. The number of para-hydroxylation sites is 3. The van der Waals surface area contributed by atoms with Gasteiger partial charge < -0.3 is 18.2 Å². The summed E-state index contributed by atoms with van der Waals surface area (Å²) < 4.78 is 20.4. The molecule has 0 spiro atoms. The summed E-state index contributed by atoms with van der Waals surface area (Å²) in [5.74, 6) is 0. The van der Waals surface area contributed by atoms with Crippen LogP contribution in [0.25, 0.3) is 88.1 Å². The van der Waals surface area contributed by atoms with Gasteiger partial charge in [0.05, 0.1) is 16.8 Å². The van der Waals surface area contributed by atoms with E-state index < -0.39 is 0 Å². The molecule has 55 heavy (non-hydrogen) atoms. The quantitative estimate of drug-likeness (QED) is 0.183. The third-order valence-electron chi connectivity index (χ3n) is 11.9. The number of hydrogen-bond donors (Lipinski definition) is 0. The number of hydrogen-bond acceptors (Lipinski definition) is 4. The van der Waals surface area contributed by atoms with Crippen LogP contribution < -0.4 is 4.90 Å². The molecule has 0 amide bonds. The van der Waals surface area contributed by atoms with Gasteiger partial charge in [-0.3, -0.25) is 0 Å². The molecule has 8 aromatic carbocycles. The van der Waals surface area contributed by atoms with Crippen LogP contribution in [0.3, 0.4) is 0 Å². The van der Waals surface area contributed by atoms with E-state index in [1.54, 1.807) is 0 Å². The second kappa shape index (κ2) is 11.0. The van der Waals surface area contributed by atoms with Crippen molar-refractivity contribution in [3.63, 3.8) is 0 Å². The zero-order valence-corrected chi connectivity index (χ0v) is 30.3. The molecule has 0 saturated heterocycles. The van der Waals surface area contributed by atoms with Gasteiger partial charge in [0.2, 0.25) is 0 Å². The van der Waals surface area contributed by atoms with Gasteiger partial charge in [0.25, 0.3) is 0 Å². The van der Waals surface area contributed by atoms with E-state index in [4.69, 9.17) is 13.3 Å². The van der Waals surface area contributed by atoms with Crippen LogP contribution in [0, 0.1) is 0 Å². The van der Waals surface area contributed by atoms with E-state index >= 15 is 0 Å². The molecule has 12 rings (SSSR count). The molecule has 1 aliphatic carbocycles. The number of anilines is 3. The largest absolute Gasteiger partial charge is 0.456 e. The molecule has 4 nitrogen and oxygen atoms in total. The molecule has 0 bridgehead atoms. The number of rotatable bonds is 4. The first-order valence-electron chi connectivity index (χ1n) is 18.8. The minimum Gasteiger partial charge on any atom is -0.456 e. The maximum absolute atomic E-state index is 7.02. The van der Waals surface area contributed by atoms with Gasteiger partial charge in [-0.2, -0.15) is 0 Å². The fourth-order valence-electron chi connectivity index (χ4n) is 9.36. The summed E-state index contributed by atoms with van der Waals surface area (Å²) in [6.07, 6.45) is 0. The van der Waals surface area contributed by atoms with Crippen molar-refractivity contribution < 1.29 is 13.3 Å². The Morgan fingerprint density at radius 1 is 0.418 bits per heavy atom. The maximum atomic E-state index is 7.02. The summed E-state index contributed by atoms with van der Waals surface area (Å²) in [4.78, 5) is 2.37. The smallest absolute Gasteiger partial charge is 0.159 e. The van der Waals surface area contributed by atoms with E-state index in [2.05, 4.69) is 158 Å². The zero-order valence-electron chi connectivity index (χ0n) is 30.3. The molecule has 260 valence electrons. The van der Waals surface area contributed by atoms with Crippen molar-refractivity contribution in [2.24, 2.45) is 0 Å². The van der Waals surface area contributed by atoms with E-state index in [1.165, 1.54) is 22.3 Å². The Morgan fingerprint density at radius 2 is 1.07 bits per heavy atom. The molecule has 0 saturated carbocycles. The van der Waals surface area contributed by atoms with Crippen LogP contribution in [-0.4, -0.2) is 0 Å². The van der Waals surface area contributed by atoms with Gasteiger partial charge in [-0.15, -0.1) is 0 Å². The summed E-state index contributed by atoms with van der Waals surface area (Å²) in [6, 6.07) is 57.8. The van der Waals surface area contributed by atoms with Gasteiger partial charge in [-0.1, -0.05) is 129 Å². The molecule has 1 aliphatic rings. The lowest BCUT2D eigenvalue weighted by atomic mass is 9.82. The monoisotopic (exact) mass is 707 g/mol. The predicted octanol–water partition coefficient (Wildman–Crippen LogP) is 14.8. The van der Waals surface area contributed by atoms with Crippen molar-refractivity contribution in [3.05, 3.63) is 175 Å². The van der Waals surface area contributed by atoms with Gasteiger partial charge in [0, 0.05) is 43.6 Å². The predicted molar refractivity (Wildman–Crippen MR) is 226 cm³/mol. The maximum Gasteiger partial charge on any atom is 0.159 e. The van der Waals surface area contributed by atoms with E-state index in [9.17, 15) is 0 Å². The van der Waals surface area contributed by atoms with Crippen molar-refractivity contribution in [1.29, 1.82) is 0 Å². The highest BCUT2D eigenvalue weighted by Crippen LogP contribution is 2.53. The Hall–Kier alpha value is -7.04. The van der Waals surface area contributed by atoms with Crippen LogP contribution in [-0.2, 0) is 5.41 Å². The topological polar surface area (TPSA) is 42.7 Å². The Bertz CT molecular complexity index is 3360. The highest BCUT2D eigenvalue weighted by molar-refractivity contribution is 6.26. The van der Waals surface area contributed by atoms with Gasteiger partial charge in [0.15, 0.2) is 5.58 Å². The molecular weight excluding hydrogens is 675 g/mol. The number of fused-ring (bicyclic) bond motifs is 12. The van der Waals surface area contributed by atoms with Crippen molar-refractivity contribution in [1.82, 2.24) is 0 Å². The Kier molecular flexibility index (Phi) is 6.09. The number of nitrogens with zero attached hydrogens (tertiary/aromatic N) is 1. The molecule has 0 atom stereocenters. The Balaban J connectivity index is 1.20. The van der Waals surface area contributed by atoms with Crippen molar-refractivity contribution >= 4 is 82.9 Å². The number of benzene rings is 8. The van der Waals surface area contributed by atoms with Crippen LogP contribution in [0.2, 0.25) is 0 Å². The summed E-state index contributed by atoms with van der Waals surface area (Å²) in [6.45, 7) is 4.67. The second-order valence-corrected chi connectivity index (χ2v) is 15.2. The molecule has 4 heteroatoms. The standard InChI is InChI=1S/C51H33NO3/c1-51(2)38-20-9-6-16-32(38)33-27-26-31(28-39(33)51)52(41-22-12-19-35-34-17-7-10-23-42(34)54-49(35)41)40-21-13-25-44-47(40)37-29-45-48(36-18-8-11-24-43(36)53-45)46(50(37)55-44)30-14-4-3-5-15-30/h3-29H,1-2H3. The Morgan fingerprint density at radius 3 is 1.95 bits per heavy atom. The lowest BCUT2D eigenvalue weighted by molar-refractivity contribution is 0.660. The fraction of sp³-hybridized carbons (Fsp3) is 0.0588. The average molecular weight is 708 g/mol. The molecule has 0 unspecified atom stereocenters. The SMILES string of the molecule is CC1(C)c2ccccc2-c2ccc(N(c3cccc4c3oc3ccccc34)c3cccc4oc5c(-c6ccccc6)c6c(cc5c34)oc3ccccc36)cc21. The molecular formula is C51H33NO3. The fourth-order valence-corrected chi connectivity index (χ4v) is 9.36. The van der Waals surface area contributed by atoms with Crippen LogP contribution in [0.4, 0.5) is 17.1 Å². The van der Waals surface area contributed by atoms with Crippen LogP contribution in [0.1, 0.15) is 25.0 Å². The van der Waals surface area contributed by atoms with E-state index in [1.807, 2.05) is 24.3 Å². The summed E-state index contributed by atoms with van der Waals surface area (Å²) >= 11 is 0. The van der Waals surface area contributed by atoms with Gasteiger partial charge in [0.1, 0.15) is 27.9 Å². The van der Waals surface area contributed by atoms with Gasteiger partial charge >= 0.3 is 0 Å². The van der Waals surface area contributed by atoms with Gasteiger partial charge in [-0.05, 0) is 76.3 Å². The molecule has 3 heterocycles. The molecule has 0 N–H and O–H groups in total. The average Bonchev–Trinajstić information content (AvgIpc) is 3.96. The zero-order chi connectivity index (χ0) is 36.4. The molecule has 3 aromatic heterocycles. The van der Waals surface area contributed by atoms with E-state index in [-0.39, 0.29) is 5.41 Å². The summed E-state index contributed by atoms with van der Waals surface area (Å²) in [5, 5.41) is 6.29. The van der Waals surface area contributed by atoms with Crippen molar-refractivity contribution in [2.45, 2.75) is 19.3 Å². The molecule has 0 radical (unpaired) electrons. The highest BCUT2D eigenvalue weighted by atomic mass is 16.3. The first kappa shape index (κ1) is 30.4. The lowest BCUT2D eigenvalue weighted by Crippen LogP contribution is -2.16. The van der Waals surface area contributed by atoms with Crippen LogP contribution in [0.15, 0.2) is 177 Å². The minimum absolute atomic E-state index is 0.176. The molecule has 11 aromatic rings. The third kappa shape index (κ3) is 4.17. The Labute approximate surface area is 316 Å². The van der Waals surface area contributed by atoms with Crippen molar-refractivity contribution in [2.75, 3.05) is 4.90 Å². The summed E-state index contributed by atoms with van der Waals surface area (Å²) in [5.41, 5.74) is 15.2. The van der Waals surface area contributed by atoms with E-state index in [0.29, 0.717) is 0 Å².